The first-order valence-electron chi connectivity index (χ1n) is 6.72. The fraction of sp³-hybridized carbons (Fsp3) is 0.786. The molecule has 0 aliphatic carbocycles. The van der Waals surface area contributed by atoms with Crippen LogP contribution in [0.5, 0.6) is 0 Å². The summed E-state index contributed by atoms with van der Waals surface area (Å²) < 4.78 is 15.6. The zero-order chi connectivity index (χ0) is 13.6. The first-order chi connectivity index (χ1) is 8.72. The summed E-state index contributed by atoms with van der Waals surface area (Å²) in [5.41, 5.74) is 0.361. The van der Waals surface area contributed by atoms with Crippen LogP contribution in [0.1, 0.15) is 39.5 Å². The molecule has 0 spiro atoms. The molecular weight excluding hydrogens is 232 g/mol. The second-order valence-electron chi connectivity index (χ2n) is 4.11. The van der Waals surface area contributed by atoms with E-state index >= 15 is 0 Å². The van der Waals surface area contributed by atoms with Crippen molar-refractivity contribution in [2.75, 3.05) is 33.0 Å². The van der Waals surface area contributed by atoms with Gasteiger partial charge in [0.15, 0.2) is 0 Å². The first kappa shape index (κ1) is 17.1. The van der Waals surface area contributed by atoms with Crippen molar-refractivity contribution >= 4 is 5.97 Å². The molecule has 0 bridgehead atoms. The normalized spacial score (nSPS) is 10.3. The van der Waals surface area contributed by atoms with Crippen LogP contribution in [-0.2, 0) is 19.0 Å². The van der Waals surface area contributed by atoms with Crippen LogP contribution in [0.4, 0.5) is 0 Å². The van der Waals surface area contributed by atoms with Crippen LogP contribution in [0.25, 0.3) is 0 Å². The first-order valence-corrected chi connectivity index (χ1v) is 6.72. The van der Waals surface area contributed by atoms with Gasteiger partial charge in [-0.05, 0) is 12.8 Å². The van der Waals surface area contributed by atoms with Crippen LogP contribution in [-0.4, -0.2) is 39.0 Å². The van der Waals surface area contributed by atoms with Crippen LogP contribution in [0.3, 0.4) is 0 Å². The number of hydrogen-bond acceptors (Lipinski definition) is 4. The maximum Gasteiger partial charge on any atom is 0.335 e. The molecule has 0 amide bonds. The number of esters is 1. The van der Waals surface area contributed by atoms with E-state index < -0.39 is 0 Å². The highest BCUT2D eigenvalue weighted by Gasteiger charge is 2.07. The highest BCUT2D eigenvalue weighted by Crippen LogP contribution is 1.98. The second-order valence-corrected chi connectivity index (χ2v) is 4.11. The van der Waals surface area contributed by atoms with Gasteiger partial charge in [0.1, 0.15) is 0 Å². The third-order valence-electron chi connectivity index (χ3n) is 2.31. The van der Waals surface area contributed by atoms with Gasteiger partial charge in [0.05, 0.1) is 32.0 Å². The minimum atomic E-state index is -0.365. The highest BCUT2D eigenvalue weighted by atomic mass is 16.5. The van der Waals surface area contributed by atoms with E-state index in [4.69, 9.17) is 14.2 Å². The third kappa shape index (κ3) is 10.3. The van der Waals surface area contributed by atoms with Crippen LogP contribution >= 0.6 is 0 Å². The summed E-state index contributed by atoms with van der Waals surface area (Å²) in [5.74, 6) is -0.365. The summed E-state index contributed by atoms with van der Waals surface area (Å²) in [6.45, 7) is 10.3. The van der Waals surface area contributed by atoms with E-state index in [0.717, 1.165) is 32.3 Å². The van der Waals surface area contributed by atoms with Crippen LogP contribution in [0, 0.1) is 0 Å². The molecule has 0 N–H and O–H groups in total. The van der Waals surface area contributed by atoms with Gasteiger partial charge >= 0.3 is 5.97 Å². The van der Waals surface area contributed by atoms with Crippen molar-refractivity contribution in [3.05, 3.63) is 12.2 Å². The van der Waals surface area contributed by atoms with Crippen molar-refractivity contribution in [3.8, 4) is 0 Å². The number of hydrogen-bond donors (Lipinski definition) is 0. The Morgan fingerprint density at radius 2 is 1.56 bits per heavy atom. The largest absolute Gasteiger partial charge is 0.462 e. The summed E-state index contributed by atoms with van der Waals surface area (Å²) in [5, 5.41) is 0. The zero-order valence-corrected chi connectivity index (χ0v) is 11.7. The summed E-state index contributed by atoms with van der Waals surface area (Å²) in [6.07, 6.45) is 4.08. The molecule has 4 nitrogen and oxygen atoms in total. The minimum absolute atomic E-state index is 0.210. The lowest BCUT2D eigenvalue weighted by Crippen LogP contribution is -2.14. The van der Waals surface area contributed by atoms with E-state index in [2.05, 4.69) is 13.5 Å². The number of rotatable bonds is 12. The molecule has 0 aromatic carbocycles. The van der Waals surface area contributed by atoms with Gasteiger partial charge in [-0.25, -0.2) is 4.79 Å². The van der Waals surface area contributed by atoms with Gasteiger partial charge < -0.3 is 14.2 Å². The molecule has 0 fully saturated rings. The molecular formula is C14H26O4. The van der Waals surface area contributed by atoms with Crippen molar-refractivity contribution < 1.29 is 19.0 Å². The lowest BCUT2D eigenvalue weighted by Gasteiger charge is -2.08. The van der Waals surface area contributed by atoms with Crippen LogP contribution in [0.2, 0.25) is 0 Å². The smallest absolute Gasteiger partial charge is 0.335 e. The van der Waals surface area contributed by atoms with Crippen molar-refractivity contribution in [1.29, 1.82) is 0 Å². The fourth-order valence-electron chi connectivity index (χ4n) is 1.13. The van der Waals surface area contributed by atoms with E-state index in [0.29, 0.717) is 25.4 Å². The van der Waals surface area contributed by atoms with Gasteiger partial charge in [-0.3, -0.25) is 0 Å². The van der Waals surface area contributed by atoms with Crippen LogP contribution in [0.15, 0.2) is 12.2 Å². The Hall–Kier alpha value is -0.870. The predicted octanol–water partition coefficient (Wildman–Crippen LogP) is 2.72. The van der Waals surface area contributed by atoms with E-state index in [9.17, 15) is 4.79 Å². The minimum Gasteiger partial charge on any atom is -0.462 e. The summed E-state index contributed by atoms with van der Waals surface area (Å²) in [6, 6.07) is 0. The molecule has 18 heavy (non-hydrogen) atoms. The lowest BCUT2D eigenvalue weighted by atomic mass is 10.3. The second kappa shape index (κ2) is 12.6. The van der Waals surface area contributed by atoms with Crippen molar-refractivity contribution in [1.82, 2.24) is 0 Å². The molecule has 0 rings (SSSR count). The number of carbonyl (C=O) groups is 1. The Labute approximate surface area is 110 Å². The average Bonchev–Trinajstić information content (AvgIpc) is 2.37. The van der Waals surface area contributed by atoms with E-state index in [1.54, 1.807) is 0 Å². The van der Waals surface area contributed by atoms with Crippen molar-refractivity contribution in [3.63, 3.8) is 0 Å². The molecule has 0 radical (unpaired) electrons. The van der Waals surface area contributed by atoms with Crippen molar-refractivity contribution in [2.45, 2.75) is 39.5 Å². The fourth-order valence-corrected chi connectivity index (χ4v) is 1.13. The lowest BCUT2D eigenvalue weighted by molar-refractivity contribution is -0.139. The van der Waals surface area contributed by atoms with Gasteiger partial charge in [-0.2, -0.15) is 0 Å². The van der Waals surface area contributed by atoms with E-state index in [-0.39, 0.29) is 12.6 Å². The standard InChI is InChI=1S/C14H26O4/c1-4-6-8-16-10-11-17-12-13(3)14(15)18-9-7-5-2/h3-12H2,1-2H3. The monoisotopic (exact) mass is 258 g/mol. The summed E-state index contributed by atoms with van der Waals surface area (Å²) >= 11 is 0. The zero-order valence-electron chi connectivity index (χ0n) is 11.7. The molecule has 0 aliphatic heterocycles. The molecule has 0 atom stereocenters. The Morgan fingerprint density at radius 3 is 2.22 bits per heavy atom. The number of carbonyl (C=O) groups excluding carboxylic acids is 1. The van der Waals surface area contributed by atoms with Crippen LogP contribution < -0.4 is 0 Å². The summed E-state index contributed by atoms with van der Waals surface area (Å²) in [7, 11) is 0. The quantitative estimate of drug-likeness (QED) is 0.307. The third-order valence-corrected chi connectivity index (χ3v) is 2.31. The highest BCUT2D eigenvalue weighted by molar-refractivity contribution is 5.87. The molecule has 0 aromatic heterocycles. The van der Waals surface area contributed by atoms with Gasteiger partial charge in [-0.1, -0.05) is 33.3 Å². The topological polar surface area (TPSA) is 44.8 Å². The predicted molar refractivity (Wildman–Crippen MR) is 71.6 cm³/mol. The van der Waals surface area contributed by atoms with Gasteiger partial charge in [0.25, 0.3) is 0 Å². The molecule has 106 valence electrons. The van der Waals surface area contributed by atoms with E-state index in [1.807, 2.05) is 6.92 Å². The molecule has 0 heterocycles. The molecule has 0 unspecified atom stereocenters. The van der Waals surface area contributed by atoms with Gasteiger partial charge in [0.2, 0.25) is 0 Å². The SMILES string of the molecule is C=C(COCCOCCCC)C(=O)OCCCC. The Morgan fingerprint density at radius 1 is 0.944 bits per heavy atom. The van der Waals surface area contributed by atoms with Crippen molar-refractivity contribution in [2.24, 2.45) is 0 Å². The van der Waals surface area contributed by atoms with Gasteiger partial charge in [-0.15, -0.1) is 0 Å². The molecule has 0 saturated carbocycles. The number of unbranched alkanes of at least 4 members (excludes halogenated alkanes) is 2. The molecule has 0 saturated heterocycles. The number of ether oxygens (including phenoxy) is 3. The summed E-state index contributed by atoms with van der Waals surface area (Å²) in [4.78, 5) is 11.4. The Balaban J connectivity index is 3.38. The molecule has 0 aromatic rings. The van der Waals surface area contributed by atoms with E-state index in [1.165, 1.54) is 0 Å². The maximum absolute atomic E-state index is 11.4. The molecule has 4 heteroatoms. The molecule has 0 aliphatic rings. The average molecular weight is 258 g/mol. The maximum atomic E-state index is 11.4. The van der Waals surface area contributed by atoms with Gasteiger partial charge in [0, 0.05) is 6.61 Å². The Kier molecular flexibility index (Phi) is 12.0. The Bertz CT molecular complexity index is 226.